The number of carboxylic acids is 1. The zero-order chi connectivity index (χ0) is 28.7. The van der Waals surface area contributed by atoms with Crippen molar-refractivity contribution in [1.82, 2.24) is 5.32 Å². The van der Waals surface area contributed by atoms with Crippen molar-refractivity contribution in [2.45, 2.75) is 37.3 Å². The number of non-ortho nitro benzene ring substituents is 1. The smallest absolute Gasteiger partial charge is 0.479 e. The first-order valence-electron chi connectivity index (χ1n) is 11.3. The quantitative estimate of drug-likeness (QED) is 0.0922. The summed E-state index contributed by atoms with van der Waals surface area (Å²) < 4.78 is 20.6. The fourth-order valence-electron chi connectivity index (χ4n) is 3.41. The molecule has 1 saturated heterocycles. The third-order valence-corrected chi connectivity index (χ3v) is 5.38. The number of carbonyl (C=O) groups is 3. The van der Waals surface area contributed by atoms with Crippen molar-refractivity contribution in [1.29, 1.82) is 0 Å². The monoisotopic (exact) mass is 551 g/mol. The number of hydrogen-bond donors (Lipinski definition) is 6. The number of benzene rings is 2. The van der Waals surface area contributed by atoms with Gasteiger partial charge in [0.2, 0.25) is 6.29 Å². The van der Waals surface area contributed by atoms with Gasteiger partial charge in [0.05, 0.1) is 10.5 Å². The van der Waals surface area contributed by atoms with Crippen molar-refractivity contribution >= 4 is 23.7 Å². The van der Waals surface area contributed by atoms with Gasteiger partial charge in [0.15, 0.2) is 6.10 Å². The molecule has 16 nitrogen and oxygen atoms in total. The molecule has 0 spiro atoms. The van der Waals surface area contributed by atoms with Gasteiger partial charge in [0.1, 0.15) is 36.4 Å². The normalized spacial score (nSPS) is 22.4. The van der Waals surface area contributed by atoms with Crippen LogP contribution in [0.3, 0.4) is 0 Å². The van der Waals surface area contributed by atoms with E-state index in [-0.39, 0.29) is 48.0 Å². The van der Waals surface area contributed by atoms with Gasteiger partial charge in [-0.2, -0.15) is 0 Å². The highest BCUT2D eigenvalue weighted by atomic mass is 16.7. The molecule has 1 fully saturated rings. The summed E-state index contributed by atoms with van der Waals surface area (Å²) in [4.78, 5) is 46.2. The zero-order valence-corrected chi connectivity index (χ0v) is 20.0. The Bertz CT molecular complexity index is 1210. The van der Waals surface area contributed by atoms with Crippen LogP contribution in [0.15, 0.2) is 42.5 Å². The fourth-order valence-corrected chi connectivity index (χ4v) is 3.41. The van der Waals surface area contributed by atoms with Crippen LogP contribution in [-0.2, 0) is 20.9 Å². The molecule has 7 N–H and O–H groups in total. The van der Waals surface area contributed by atoms with Crippen LogP contribution in [0, 0.1) is 10.1 Å². The van der Waals surface area contributed by atoms with E-state index in [0.717, 1.165) is 12.1 Å². The van der Waals surface area contributed by atoms with Gasteiger partial charge in [-0.3, -0.25) is 14.9 Å². The summed E-state index contributed by atoms with van der Waals surface area (Å²) in [5.74, 6) is -2.50. The summed E-state index contributed by atoms with van der Waals surface area (Å²) in [6.45, 7) is -0.193. The molecule has 2 aromatic rings. The Morgan fingerprint density at radius 1 is 1.05 bits per heavy atom. The van der Waals surface area contributed by atoms with Crippen LogP contribution in [0.25, 0.3) is 0 Å². The highest BCUT2D eigenvalue weighted by Gasteiger charge is 2.48. The van der Waals surface area contributed by atoms with E-state index in [1.807, 2.05) is 0 Å². The predicted octanol–water partition coefficient (Wildman–Crippen LogP) is -0.730. The molecule has 0 aromatic heterocycles. The average Bonchev–Trinajstić information content (AvgIpc) is 2.91. The van der Waals surface area contributed by atoms with Crippen LogP contribution < -0.4 is 20.5 Å². The second kappa shape index (κ2) is 12.9. The molecular weight excluding hydrogens is 526 g/mol. The minimum Gasteiger partial charge on any atom is -0.479 e. The summed E-state index contributed by atoms with van der Waals surface area (Å²) in [5.41, 5.74) is 5.36. The number of aliphatic hydroxyl groups excluding tert-OH is 3. The number of aliphatic hydroxyl groups is 3. The summed E-state index contributed by atoms with van der Waals surface area (Å²) in [5, 5.41) is 52.5. The van der Waals surface area contributed by atoms with Crippen molar-refractivity contribution in [2.75, 3.05) is 13.1 Å². The van der Waals surface area contributed by atoms with Crippen LogP contribution in [0.1, 0.15) is 15.9 Å². The van der Waals surface area contributed by atoms with Crippen LogP contribution in [0.2, 0.25) is 0 Å². The lowest BCUT2D eigenvalue weighted by Gasteiger charge is -2.38. The van der Waals surface area contributed by atoms with E-state index >= 15 is 0 Å². The average molecular weight is 551 g/mol. The lowest BCUT2D eigenvalue weighted by molar-refractivity contribution is -0.384. The van der Waals surface area contributed by atoms with E-state index in [2.05, 4.69) is 5.32 Å². The minimum atomic E-state index is -1.94. The molecule has 0 aliphatic carbocycles. The lowest BCUT2D eigenvalue weighted by Crippen LogP contribution is -2.61. The molecule has 1 heterocycles. The van der Waals surface area contributed by atoms with Crippen molar-refractivity contribution < 1.29 is 58.7 Å². The number of aliphatic carboxylic acids is 1. The number of nitrogens with one attached hydrogen (secondary N) is 1. The number of nitro benzene ring substituents is 1. The van der Waals surface area contributed by atoms with Crippen molar-refractivity contribution in [2.24, 2.45) is 5.73 Å². The maximum Gasteiger partial charge on any atom is 0.514 e. The molecule has 1 amide bonds. The maximum absolute atomic E-state index is 12.7. The Morgan fingerprint density at radius 2 is 1.74 bits per heavy atom. The van der Waals surface area contributed by atoms with E-state index in [1.165, 1.54) is 30.3 Å². The Balaban J connectivity index is 1.74. The highest BCUT2D eigenvalue weighted by Crippen LogP contribution is 2.28. The van der Waals surface area contributed by atoms with Gasteiger partial charge in [-0.1, -0.05) is 6.07 Å². The Hall–Kier alpha value is -4.35. The van der Waals surface area contributed by atoms with Crippen molar-refractivity contribution in [3.05, 3.63) is 63.7 Å². The fraction of sp³-hybridized carbons (Fsp3) is 0.348. The van der Waals surface area contributed by atoms with Gasteiger partial charge in [-0.15, -0.1) is 0 Å². The lowest BCUT2D eigenvalue weighted by atomic mass is 9.99. The molecule has 2 aromatic carbocycles. The SMILES string of the molecule is NCCNC(=O)c1cc(COC(=O)Oc2ccc([N+](=O)[O-])cc2)ccc1O[C@@H]1O[C@H](C(=O)O)[C@@H](O)[C@H](O)[C@H]1O. The second-order valence-electron chi connectivity index (χ2n) is 8.12. The zero-order valence-electron chi connectivity index (χ0n) is 20.0. The molecule has 0 saturated carbocycles. The van der Waals surface area contributed by atoms with Gasteiger partial charge in [-0.05, 0) is 29.8 Å². The summed E-state index contributed by atoms with van der Waals surface area (Å²) in [7, 11) is 0. The first kappa shape index (κ1) is 29.2. The van der Waals surface area contributed by atoms with Crippen molar-refractivity contribution in [3.8, 4) is 11.5 Å². The number of hydrogen-bond acceptors (Lipinski definition) is 13. The van der Waals surface area contributed by atoms with Gasteiger partial charge >= 0.3 is 12.1 Å². The molecule has 1 aliphatic heterocycles. The van der Waals surface area contributed by atoms with Gasteiger partial charge in [-0.25, -0.2) is 9.59 Å². The third-order valence-electron chi connectivity index (χ3n) is 5.38. The second-order valence-corrected chi connectivity index (χ2v) is 8.12. The van der Waals surface area contributed by atoms with Crippen LogP contribution in [-0.4, -0.2) is 87.2 Å². The number of nitrogens with zero attached hydrogens (tertiary/aromatic N) is 1. The first-order valence-corrected chi connectivity index (χ1v) is 11.3. The number of carbonyl (C=O) groups excluding carboxylic acids is 2. The topological polar surface area (TPSA) is 250 Å². The van der Waals surface area contributed by atoms with Gasteiger partial charge in [0, 0.05) is 25.2 Å². The molecule has 5 atom stereocenters. The number of rotatable bonds is 10. The molecule has 16 heteroatoms. The standard InChI is InChI=1S/C23H25N3O13/c24-7-8-25-20(30)14-9-11(10-36-23(33)37-13-4-2-12(3-5-13)26(34)35)1-6-15(14)38-22-18(29)16(27)17(28)19(39-22)21(31)32/h1-6,9,16-19,22,27-29H,7-8,10,24H2,(H,25,30)(H,31,32)/t16-,17-,18+,19-,22+/m0/s1. The van der Waals surface area contributed by atoms with Crippen LogP contribution in [0.5, 0.6) is 11.5 Å². The number of nitro groups is 1. The van der Waals surface area contributed by atoms with Crippen LogP contribution in [0.4, 0.5) is 10.5 Å². The molecule has 0 bridgehead atoms. The Morgan fingerprint density at radius 3 is 2.36 bits per heavy atom. The molecule has 210 valence electrons. The van der Waals surface area contributed by atoms with Gasteiger partial charge < -0.3 is 50.4 Å². The molecule has 3 rings (SSSR count). The number of ether oxygens (including phenoxy) is 4. The number of carboxylic acid groups (broad SMARTS) is 1. The Labute approximate surface area is 219 Å². The maximum atomic E-state index is 12.7. The molecular formula is C23H25N3O13. The van der Waals surface area contributed by atoms with E-state index in [9.17, 15) is 44.9 Å². The van der Waals surface area contributed by atoms with E-state index in [1.54, 1.807) is 0 Å². The Kier molecular flexibility index (Phi) is 9.69. The highest BCUT2D eigenvalue weighted by molar-refractivity contribution is 5.97. The molecule has 0 unspecified atom stereocenters. The molecule has 0 radical (unpaired) electrons. The van der Waals surface area contributed by atoms with Gasteiger partial charge in [0.25, 0.3) is 11.6 Å². The minimum absolute atomic E-state index is 0.00536. The van der Waals surface area contributed by atoms with E-state index in [0.29, 0.717) is 0 Å². The largest absolute Gasteiger partial charge is 0.514 e. The summed E-state index contributed by atoms with van der Waals surface area (Å²) in [6.07, 6.45) is -10.6. The van der Waals surface area contributed by atoms with E-state index in [4.69, 9.17) is 24.7 Å². The van der Waals surface area contributed by atoms with E-state index < -0.39 is 53.7 Å². The molecule has 39 heavy (non-hydrogen) atoms. The summed E-state index contributed by atoms with van der Waals surface area (Å²) in [6, 6.07) is 8.59. The number of amides is 1. The van der Waals surface area contributed by atoms with Crippen LogP contribution >= 0.6 is 0 Å². The third kappa shape index (κ3) is 7.37. The number of nitrogens with two attached hydrogens (primary N) is 1. The predicted molar refractivity (Wildman–Crippen MR) is 127 cm³/mol. The van der Waals surface area contributed by atoms with Crippen molar-refractivity contribution in [3.63, 3.8) is 0 Å². The summed E-state index contributed by atoms with van der Waals surface area (Å²) >= 11 is 0. The first-order chi connectivity index (χ1) is 18.5. The molecule has 1 aliphatic rings.